The van der Waals surface area contributed by atoms with Gasteiger partial charge in [0.05, 0.1) is 18.3 Å². The van der Waals surface area contributed by atoms with E-state index in [1.807, 2.05) is 0 Å². The summed E-state index contributed by atoms with van der Waals surface area (Å²) < 4.78 is 4.44. The maximum absolute atomic E-state index is 11.0. The second-order valence-corrected chi connectivity index (χ2v) is 2.33. The van der Waals surface area contributed by atoms with Gasteiger partial charge in [-0.3, -0.25) is 4.98 Å². The fraction of sp³-hybridized carbons (Fsp3) is 0.143. The molecule has 1 aromatic heterocycles. The second-order valence-electron chi connectivity index (χ2n) is 2.33. The van der Waals surface area contributed by atoms with Gasteiger partial charge in [0.2, 0.25) is 0 Å². The Hall–Kier alpha value is -1.40. The SMILES string of the molecule is COC(=O)c1ccnc(B(O)O)c1. The van der Waals surface area contributed by atoms with Crippen LogP contribution in [-0.2, 0) is 4.74 Å². The lowest BCUT2D eigenvalue weighted by atomic mass is 9.85. The fourth-order valence-corrected chi connectivity index (χ4v) is 0.834. The van der Waals surface area contributed by atoms with Crippen LogP contribution < -0.4 is 5.59 Å². The number of hydrogen-bond donors (Lipinski definition) is 2. The van der Waals surface area contributed by atoms with Gasteiger partial charge in [-0.15, -0.1) is 0 Å². The first-order chi connectivity index (χ1) is 6.15. The van der Waals surface area contributed by atoms with Gasteiger partial charge in [0.1, 0.15) is 0 Å². The average Bonchev–Trinajstić information content (AvgIpc) is 2.17. The van der Waals surface area contributed by atoms with Crippen LogP contribution in [0.15, 0.2) is 18.3 Å². The third-order valence-corrected chi connectivity index (χ3v) is 1.47. The third-order valence-electron chi connectivity index (χ3n) is 1.47. The van der Waals surface area contributed by atoms with Crippen LogP contribution in [0.4, 0.5) is 0 Å². The number of aromatic nitrogens is 1. The van der Waals surface area contributed by atoms with E-state index < -0.39 is 13.1 Å². The summed E-state index contributed by atoms with van der Waals surface area (Å²) in [5.74, 6) is -0.538. The highest BCUT2D eigenvalue weighted by Crippen LogP contribution is 1.96. The molecule has 5 nitrogen and oxygen atoms in total. The average molecular weight is 181 g/mol. The molecule has 0 aliphatic rings. The molecule has 0 saturated carbocycles. The summed E-state index contributed by atoms with van der Waals surface area (Å²) in [6, 6.07) is 2.69. The molecule has 6 heteroatoms. The number of esters is 1. The Morgan fingerprint density at radius 2 is 2.31 bits per heavy atom. The van der Waals surface area contributed by atoms with E-state index in [-0.39, 0.29) is 11.2 Å². The van der Waals surface area contributed by atoms with E-state index in [1.165, 1.54) is 25.4 Å². The molecule has 1 aromatic rings. The molecule has 2 N–H and O–H groups in total. The van der Waals surface area contributed by atoms with Crippen LogP contribution in [0.3, 0.4) is 0 Å². The van der Waals surface area contributed by atoms with Gasteiger partial charge in [0, 0.05) is 6.20 Å². The number of ether oxygens (including phenoxy) is 1. The lowest BCUT2D eigenvalue weighted by Gasteiger charge is -2.01. The predicted octanol–water partition coefficient (Wildman–Crippen LogP) is -1.45. The van der Waals surface area contributed by atoms with Crippen molar-refractivity contribution >= 4 is 18.7 Å². The fourth-order valence-electron chi connectivity index (χ4n) is 0.834. The molecule has 0 bridgehead atoms. The minimum Gasteiger partial charge on any atom is -0.465 e. The third kappa shape index (κ3) is 2.27. The number of carbonyl (C=O) groups excluding carboxylic acids is 1. The number of hydrogen-bond acceptors (Lipinski definition) is 5. The molecular formula is C7H8BNO4. The summed E-state index contributed by atoms with van der Waals surface area (Å²) in [6.07, 6.45) is 1.31. The molecule has 0 unspecified atom stereocenters. The molecule has 0 aliphatic carbocycles. The summed E-state index contributed by atoms with van der Waals surface area (Å²) >= 11 is 0. The Morgan fingerprint density at radius 1 is 1.62 bits per heavy atom. The van der Waals surface area contributed by atoms with Gasteiger partial charge in [0.15, 0.2) is 0 Å². The zero-order valence-corrected chi connectivity index (χ0v) is 6.97. The largest absolute Gasteiger partial charge is 0.508 e. The first-order valence-corrected chi connectivity index (χ1v) is 3.55. The van der Waals surface area contributed by atoms with E-state index in [4.69, 9.17) is 10.0 Å². The van der Waals surface area contributed by atoms with E-state index >= 15 is 0 Å². The van der Waals surface area contributed by atoms with Crippen LogP contribution in [0.1, 0.15) is 10.4 Å². The molecule has 0 radical (unpaired) electrons. The van der Waals surface area contributed by atoms with Crippen molar-refractivity contribution in [1.29, 1.82) is 0 Å². The molecular weight excluding hydrogens is 173 g/mol. The maximum atomic E-state index is 11.0. The topological polar surface area (TPSA) is 79.7 Å². The summed E-state index contributed by atoms with van der Waals surface area (Å²) in [7, 11) is -0.428. The molecule has 0 saturated heterocycles. The molecule has 0 fully saturated rings. The lowest BCUT2D eigenvalue weighted by molar-refractivity contribution is 0.0600. The Bertz CT molecular complexity index is 315. The molecule has 13 heavy (non-hydrogen) atoms. The molecule has 1 rings (SSSR count). The van der Waals surface area contributed by atoms with Crippen LogP contribution in [0, 0.1) is 0 Å². The van der Waals surface area contributed by atoms with Gasteiger partial charge in [-0.25, -0.2) is 4.79 Å². The van der Waals surface area contributed by atoms with E-state index in [0.29, 0.717) is 0 Å². The minimum atomic E-state index is -1.68. The Balaban J connectivity index is 2.98. The van der Waals surface area contributed by atoms with Crippen molar-refractivity contribution in [2.24, 2.45) is 0 Å². The van der Waals surface area contributed by atoms with E-state index in [1.54, 1.807) is 0 Å². The quantitative estimate of drug-likeness (QED) is 0.430. The minimum absolute atomic E-state index is 0.0166. The Labute approximate surface area is 75.1 Å². The van der Waals surface area contributed by atoms with Crippen LogP contribution in [-0.4, -0.2) is 35.2 Å². The molecule has 1 heterocycles. The maximum Gasteiger partial charge on any atom is 0.508 e. The monoisotopic (exact) mass is 181 g/mol. The van der Waals surface area contributed by atoms with Crippen molar-refractivity contribution in [2.45, 2.75) is 0 Å². The number of nitrogens with zero attached hydrogens (tertiary/aromatic N) is 1. The van der Waals surface area contributed by atoms with Crippen molar-refractivity contribution in [3.05, 3.63) is 23.9 Å². The van der Waals surface area contributed by atoms with Crippen LogP contribution >= 0.6 is 0 Å². The van der Waals surface area contributed by atoms with Crippen LogP contribution in [0.2, 0.25) is 0 Å². The molecule has 0 aliphatic heterocycles. The highest BCUT2D eigenvalue weighted by Gasteiger charge is 2.15. The predicted molar refractivity (Wildman–Crippen MR) is 45.4 cm³/mol. The van der Waals surface area contributed by atoms with Gasteiger partial charge in [-0.1, -0.05) is 0 Å². The number of carbonyl (C=O) groups is 1. The standard InChI is InChI=1S/C7H8BNO4/c1-13-7(10)5-2-3-9-6(4-5)8(11)12/h2-4,11-12H,1H3. The van der Waals surface area contributed by atoms with Crippen molar-refractivity contribution < 1.29 is 19.6 Å². The number of methoxy groups -OCH3 is 1. The molecule has 0 amide bonds. The lowest BCUT2D eigenvalue weighted by Crippen LogP contribution is -2.33. The Morgan fingerprint density at radius 3 is 2.85 bits per heavy atom. The van der Waals surface area contributed by atoms with Gasteiger partial charge in [0.25, 0.3) is 0 Å². The van der Waals surface area contributed by atoms with Gasteiger partial charge < -0.3 is 14.8 Å². The summed E-state index contributed by atoms with van der Waals surface area (Å²) in [6.45, 7) is 0. The number of pyridine rings is 1. The van der Waals surface area contributed by atoms with E-state index in [2.05, 4.69) is 9.72 Å². The smallest absolute Gasteiger partial charge is 0.465 e. The molecule has 0 atom stereocenters. The second kappa shape index (κ2) is 4.02. The first-order valence-electron chi connectivity index (χ1n) is 3.55. The van der Waals surface area contributed by atoms with Crippen molar-refractivity contribution in [3.8, 4) is 0 Å². The van der Waals surface area contributed by atoms with E-state index in [9.17, 15) is 4.79 Å². The first kappa shape index (κ1) is 9.69. The van der Waals surface area contributed by atoms with Crippen LogP contribution in [0.5, 0.6) is 0 Å². The van der Waals surface area contributed by atoms with Crippen molar-refractivity contribution in [2.75, 3.05) is 7.11 Å². The van der Waals surface area contributed by atoms with Crippen LogP contribution in [0.25, 0.3) is 0 Å². The highest BCUT2D eigenvalue weighted by atomic mass is 16.5. The van der Waals surface area contributed by atoms with Gasteiger partial charge in [-0.2, -0.15) is 0 Å². The van der Waals surface area contributed by atoms with Crippen molar-refractivity contribution in [1.82, 2.24) is 4.98 Å². The zero-order chi connectivity index (χ0) is 9.84. The Kier molecular flexibility index (Phi) is 3.00. The molecule has 68 valence electrons. The normalized spacial score (nSPS) is 9.46. The molecule has 0 aromatic carbocycles. The summed E-state index contributed by atoms with van der Waals surface area (Å²) in [5, 5.41) is 17.5. The molecule has 0 spiro atoms. The summed E-state index contributed by atoms with van der Waals surface area (Å²) in [5.41, 5.74) is 0.253. The van der Waals surface area contributed by atoms with Gasteiger partial charge in [-0.05, 0) is 12.1 Å². The highest BCUT2D eigenvalue weighted by molar-refractivity contribution is 6.57. The van der Waals surface area contributed by atoms with E-state index in [0.717, 1.165) is 0 Å². The summed E-state index contributed by atoms with van der Waals surface area (Å²) in [4.78, 5) is 14.6. The van der Waals surface area contributed by atoms with Gasteiger partial charge >= 0.3 is 13.1 Å². The zero-order valence-electron chi connectivity index (χ0n) is 6.97. The van der Waals surface area contributed by atoms with Crippen molar-refractivity contribution in [3.63, 3.8) is 0 Å². The number of rotatable bonds is 2.